The van der Waals surface area contributed by atoms with E-state index in [9.17, 15) is 4.39 Å². The molecule has 0 aliphatic carbocycles. The number of para-hydroxylation sites is 1. The van der Waals surface area contributed by atoms with Gasteiger partial charge in [0, 0.05) is 52.0 Å². The first-order valence-electron chi connectivity index (χ1n) is 9.86. The van der Waals surface area contributed by atoms with Crippen molar-refractivity contribution in [2.75, 3.05) is 11.9 Å². The molecule has 0 unspecified atom stereocenters. The van der Waals surface area contributed by atoms with Gasteiger partial charge in [0.2, 0.25) is 0 Å². The van der Waals surface area contributed by atoms with Crippen molar-refractivity contribution in [2.45, 2.75) is 13.3 Å². The standard InChI is InChI=1S/C24H20FN5/c1-15-12-16(25)7-8-21(15)29-24-18-9-11-26-13-20(18)17-4-2-5-19(23(17)30-24)22-6-3-10-27-14-28-22/h2,4-9,11-14H,3,10H2,1H3,(H,27,28)(H,29,30). The highest BCUT2D eigenvalue weighted by Crippen LogP contribution is 2.34. The highest BCUT2D eigenvalue weighted by atomic mass is 19.1. The predicted octanol–water partition coefficient (Wildman–Crippen LogP) is 5.34. The topological polar surface area (TPSA) is 62.2 Å². The number of aryl methyl sites for hydroxylation is 1. The Hall–Kier alpha value is -3.80. The number of halogens is 1. The summed E-state index contributed by atoms with van der Waals surface area (Å²) in [5.74, 6) is 0.457. The van der Waals surface area contributed by atoms with Crippen molar-refractivity contribution in [3.05, 3.63) is 77.9 Å². The summed E-state index contributed by atoms with van der Waals surface area (Å²) in [7, 11) is 0. The number of pyridine rings is 2. The lowest BCUT2D eigenvalue weighted by atomic mass is 10.0. The maximum absolute atomic E-state index is 13.6. The number of aromatic nitrogens is 2. The molecule has 1 aliphatic rings. The summed E-state index contributed by atoms with van der Waals surface area (Å²) in [5.41, 5.74) is 4.50. The Balaban J connectivity index is 1.74. The number of hydrogen-bond donors (Lipinski definition) is 2. The van der Waals surface area contributed by atoms with E-state index >= 15 is 0 Å². The van der Waals surface area contributed by atoms with Gasteiger partial charge < -0.3 is 10.6 Å². The van der Waals surface area contributed by atoms with Gasteiger partial charge in [0.1, 0.15) is 11.6 Å². The van der Waals surface area contributed by atoms with Crippen molar-refractivity contribution < 1.29 is 4.39 Å². The van der Waals surface area contributed by atoms with Crippen LogP contribution >= 0.6 is 0 Å². The number of benzene rings is 2. The second-order valence-corrected chi connectivity index (χ2v) is 7.25. The number of rotatable bonds is 3. The zero-order valence-electron chi connectivity index (χ0n) is 16.5. The summed E-state index contributed by atoms with van der Waals surface area (Å²) in [6, 6.07) is 12.8. The summed E-state index contributed by atoms with van der Waals surface area (Å²) in [4.78, 5) is 13.7. The minimum Gasteiger partial charge on any atom is -0.346 e. The number of hydrogen-bond acceptors (Lipinski definition) is 5. The van der Waals surface area contributed by atoms with E-state index < -0.39 is 0 Å². The minimum atomic E-state index is -0.256. The van der Waals surface area contributed by atoms with Crippen LogP contribution in [0.25, 0.3) is 27.4 Å². The van der Waals surface area contributed by atoms with Crippen LogP contribution in [-0.4, -0.2) is 22.9 Å². The van der Waals surface area contributed by atoms with Gasteiger partial charge in [0.25, 0.3) is 0 Å². The van der Waals surface area contributed by atoms with Crippen LogP contribution in [-0.2, 0) is 0 Å². The maximum Gasteiger partial charge on any atom is 0.139 e. The second-order valence-electron chi connectivity index (χ2n) is 7.25. The van der Waals surface area contributed by atoms with Gasteiger partial charge in [-0.2, -0.15) is 0 Å². The van der Waals surface area contributed by atoms with Crippen molar-refractivity contribution in [3.8, 4) is 0 Å². The molecule has 0 atom stereocenters. The van der Waals surface area contributed by atoms with E-state index in [0.29, 0.717) is 5.82 Å². The van der Waals surface area contributed by atoms with Crippen LogP contribution in [0.3, 0.4) is 0 Å². The lowest BCUT2D eigenvalue weighted by Gasteiger charge is -2.16. The van der Waals surface area contributed by atoms with Crippen LogP contribution in [0.5, 0.6) is 0 Å². The molecule has 0 fully saturated rings. The Kier molecular flexibility index (Phi) is 4.59. The van der Waals surface area contributed by atoms with Gasteiger partial charge >= 0.3 is 0 Å². The largest absolute Gasteiger partial charge is 0.346 e. The summed E-state index contributed by atoms with van der Waals surface area (Å²) < 4.78 is 13.6. The normalized spacial score (nSPS) is 13.7. The average molecular weight is 397 g/mol. The predicted molar refractivity (Wildman–Crippen MR) is 121 cm³/mol. The fourth-order valence-corrected chi connectivity index (χ4v) is 3.79. The summed E-state index contributed by atoms with van der Waals surface area (Å²) in [5, 5.41) is 9.68. The third-order valence-electron chi connectivity index (χ3n) is 5.28. The number of anilines is 2. The Labute approximate surface area is 173 Å². The van der Waals surface area contributed by atoms with Crippen LogP contribution in [0, 0.1) is 12.7 Å². The van der Waals surface area contributed by atoms with Gasteiger partial charge in [-0.3, -0.25) is 9.98 Å². The molecule has 0 saturated heterocycles. The van der Waals surface area contributed by atoms with Gasteiger partial charge in [0.05, 0.1) is 11.9 Å². The molecule has 2 N–H and O–H groups in total. The quantitative estimate of drug-likeness (QED) is 0.458. The molecule has 6 heteroatoms. The second kappa shape index (κ2) is 7.55. The van der Waals surface area contributed by atoms with Crippen LogP contribution in [0.4, 0.5) is 15.9 Å². The molecule has 0 amide bonds. The maximum atomic E-state index is 13.6. The zero-order chi connectivity index (χ0) is 20.5. The molecule has 3 heterocycles. The Morgan fingerprint density at radius 1 is 1.07 bits per heavy atom. The number of nitrogens with zero attached hydrogens (tertiary/aromatic N) is 3. The Morgan fingerprint density at radius 2 is 2.00 bits per heavy atom. The molecule has 30 heavy (non-hydrogen) atoms. The monoisotopic (exact) mass is 397 g/mol. The molecule has 0 spiro atoms. The van der Waals surface area contributed by atoms with Gasteiger partial charge in [0.15, 0.2) is 0 Å². The first-order chi connectivity index (χ1) is 14.7. The number of fused-ring (bicyclic) bond motifs is 3. The average Bonchev–Trinajstić information content (AvgIpc) is 3.05. The van der Waals surface area contributed by atoms with Crippen LogP contribution in [0.2, 0.25) is 0 Å². The minimum absolute atomic E-state index is 0.256. The van der Waals surface area contributed by atoms with Crippen molar-refractivity contribution >= 4 is 45.2 Å². The molecular formula is C24H20FN5. The molecule has 1 aliphatic heterocycles. The highest BCUT2D eigenvalue weighted by Gasteiger charge is 2.14. The van der Waals surface area contributed by atoms with Crippen molar-refractivity contribution in [2.24, 2.45) is 4.99 Å². The van der Waals surface area contributed by atoms with Gasteiger partial charge in [-0.25, -0.2) is 9.37 Å². The molecule has 4 aromatic rings. The molecule has 2 aromatic carbocycles. The van der Waals surface area contributed by atoms with Crippen LogP contribution < -0.4 is 10.6 Å². The molecule has 0 bridgehead atoms. The number of nitrogens with one attached hydrogen (secondary N) is 2. The molecule has 2 aromatic heterocycles. The fraction of sp³-hybridized carbons (Fsp3) is 0.125. The summed E-state index contributed by atoms with van der Waals surface area (Å²) in [6.07, 6.45) is 8.37. The zero-order valence-corrected chi connectivity index (χ0v) is 16.5. The van der Waals surface area contributed by atoms with Crippen molar-refractivity contribution in [1.29, 1.82) is 0 Å². The Morgan fingerprint density at radius 3 is 2.90 bits per heavy atom. The summed E-state index contributed by atoms with van der Waals surface area (Å²) >= 11 is 0. The Bertz CT molecular complexity index is 1330. The van der Waals surface area contributed by atoms with Crippen molar-refractivity contribution in [3.63, 3.8) is 0 Å². The van der Waals surface area contributed by atoms with Crippen molar-refractivity contribution in [1.82, 2.24) is 15.3 Å². The third-order valence-corrected chi connectivity index (χ3v) is 5.28. The van der Waals surface area contributed by atoms with E-state index in [1.54, 1.807) is 18.6 Å². The van der Waals surface area contributed by atoms with Gasteiger partial charge in [-0.05, 0) is 43.2 Å². The number of aliphatic imine (C=N–C) groups is 1. The third kappa shape index (κ3) is 3.26. The molecule has 0 radical (unpaired) electrons. The van der Waals surface area contributed by atoms with Gasteiger partial charge in [-0.15, -0.1) is 0 Å². The van der Waals surface area contributed by atoms with Crippen LogP contribution in [0.15, 0.2) is 65.9 Å². The lowest BCUT2D eigenvalue weighted by Crippen LogP contribution is -2.09. The molecule has 148 valence electrons. The molecule has 5 nitrogen and oxygen atoms in total. The van der Waals surface area contributed by atoms with Crippen LogP contribution in [0.1, 0.15) is 17.5 Å². The first kappa shape index (κ1) is 18.2. The highest BCUT2D eigenvalue weighted by molar-refractivity contribution is 6.12. The van der Waals surface area contributed by atoms with E-state index in [2.05, 4.69) is 38.8 Å². The van der Waals surface area contributed by atoms with E-state index in [0.717, 1.165) is 57.2 Å². The summed E-state index contributed by atoms with van der Waals surface area (Å²) in [6.45, 7) is 2.64. The molecule has 5 rings (SSSR count). The first-order valence-corrected chi connectivity index (χ1v) is 9.86. The smallest absolute Gasteiger partial charge is 0.139 e. The SMILES string of the molecule is Cc1cc(F)ccc1Nc1nc2c(C3=CCCN=CN3)cccc2c2cnccc12. The van der Waals surface area contributed by atoms with E-state index in [-0.39, 0.29) is 5.82 Å². The van der Waals surface area contributed by atoms with Gasteiger partial charge in [-0.1, -0.05) is 24.3 Å². The van der Waals surface area contributed by atoms with E-state index in [1.807, 2.05) is 25.3 Å². The van der Waals surface area contributed by atoms with E-state index in [1.165, 1.54) is 12.1 Å². The van der Waals surface area contributed by atoms with E-state index in [4.69, 9.17) is 4.98 Å². The lowest BCUT2D eigenvalue weighted by molar-refractivity contribution is 0.627. The fourth-order valence-electron chi connectivity index (χ4n) is 3.79. The molecule has 0 saturated carbocycles. The molecular weight excluding hydrogens is 377 g/mol.